The summed E-state index contributed by atoms with van der Waals surface area (Å²) in [4.78, 5) is 24.7. The molecule has 1 unspecified atom stereocenters. The molecule has 0 aliphatic carbocycles. The Bertz CT molecular complexity index is 851. The van der Waals surface area contributed by atoms with E-state index in [4.69, 9.17) is 20.8 Å². The minimum absolute atomic E-state index is 0.0977. The van der Waals surface area contributed by atoms with Crippen LogP contribution in [0.25, 0.3) is 0 Å². The lowest BCUT2D eigenvalue weighted by Crippen LogP contribution is -2.34. The van der Waals surface area contributed by atoms with Gasteiger partial charge in [-0.2, -0.15) is 0 Å². The predicted molar refractivity (Wildman–Crippen MR) is 90.1 cm³/mol. The second-order valence-corrected chi connectivity index (χ2v) is 6.25. The summed E-state index contributed by atoms with van der Waals surface area (Å²) in [7, 11) is 0. The summed E-state index contributed by atoms with van der Waals surface area (Å²) in [5.74, 6) is -1.07. The average molecular weight is 378 g/mol. The van der Waals surface area contributed by atoms with Crippen LogP contribution in [0.5, 0.6) is 0 Å². The number of carbonyl (C=O) groups is 2. The minimum Gasteiger partial charge on any atom is -0.459 e. The fourth-order valence-corrected chi connectivity index (χ4v) is 2.64. The van der Waals surface area contributed by atoms with Crippen LogP contribution in [-0.2, 0) is 16.1 Å². The fourth-order valence-electron chi connectivity index (χ4n) is 2.04. The molecule has 3 aromatic rings. The van der Waals surface area contributed by atoms with Crippen molar-refractivity contribution in [2.24, 2.45) is 0 Å². The van der Waals surface area contributed by atoms with Gasteiger partial charge in [-0.1, -0.05) is 46.4 Å². The molecular weight excluding hydrogens is 366 g/mol. The van der Waals surface area contributed by atoms with E-state index in [0.29, 0.717) is 15.6 Å². The molecular formula is C16H12ClN3O4S. The van der Waals surface area contributed by atoms with E-state index in [0.717, 1.165) is 11.5 Å². The molecule has 1 aromatic carbocycles. The number of halogens is 1. The summed E-state index contributed by atoms with van der Waals surface area (Å²) >= 11 is 6.89. The first-order valence-corrected chi connectivity index (χ1v) is 8.33. The van der Waals surface area contributed by atoms with E-state index in [1.165, 1.54) is 12.3 Å². The molecule has 1 atom stereocenters. The lowest BCUT2D eigenvalue weighted by Gasteiger charge is -2.17. The van der Waals surface area contributed by atoms with Gasteiger partial charge < -0.3 is 14.5 Å². The highest BCUT2D eigenvalue weighted by Crippen LogP contribution is 2.20. The number of benzene rings is 1. The van der Waals surface area contributed by atoms with Crippen molar-refractivity contribution in [3.05, 3.63) is 70.1 Å². The monoisotopic (exact) mass is 377 g/mol. The third-order valence-electron chi connectivity index (χ3n) is 3.25. The van der Waals surface area contributed by atoms with Gasteiger partial charge in [-0.05, 0) is 17.7 Å². The molecule has 2 aromatic heterocycles. The van der Waals surface area contributed by atoms with Crippen LogP contribution in [0, 0.1) is 0 Å². The maximum atomic E-state index is 12.5. The Kier molecular flexibility index (Phi) is 5.42. The van der Waals surface area contributed by atoms with Crippen molar-refractivity contribution in [3.8, 4) is 0 Å². The average Bonchev–Trinajstić information content (AvgIpc) is 3.30. The van der Waals surface area contributed by atoms with Crippen molar-refractivity contribution in [2.45, 2.75) is 12.6 Å². The SMILES string of the molecule is O=C(NC(C(=O)OCc1nnsc1Cl)c1ccccc1)c1ccco1. The van der Waals surface area contributed by atoms with Gasteiger partial charge in [0.2, 0.25) is 0 Å². The molecule has 2 heterocycles. The predicted octanol–water partition coefficient (Wildman–Crippen LogP) is 3.00. The highest BCUT2D eigenvalue weighted by molar-refractivity contribution is 7.10. The van der Waals surface area contributed by atoms with Crippen LogP contribution in [0.4, 0.5) is 0 Å². The maximum absolute atomic E-state index is 12.5. The van der Waals surface area contributed by atoms with Gasteiger partial charge in [0.25, 0.3) is 5.91 Å². The second kappa shape index (κ2) is 7.91. The van der Waals surface area contributed by atoms with E-state index in [1.54, 1.807) is 36.4 Å². The van der Waals surface area contributed by atoms with Crippen LogP contribution in [0.2, 0.25) is 4.34 Å². The van der Waals surface area contributed by atoms with Gasteiger partial charge in [-0.15, -0.1) is 5.10 Å². The molecule has 0 aliphatic rings. The van der Waals surface area contributed by atoms with Crippen LogP contribution < -0.4 is 5.32 Å². The van der Waals surface area contributed by atoms with E-state index in [2.05, 4.69) is 14.9 Å². The first kappa shape index (κ1) is 17.1. The molecule has 9 heteroatoms. The summed E-state index contributed by atoms with van der Waals surface area (Å²) < 4.78 is 14.3. The maximum Gasteiger partial charge on any atom is 0.333 e. The number of rotatable bonds is 6. The molecule has 0 fully saturated rings. The smallest absolute Gasteiger partial charge is 0.333 e. The van der Waals surface area contributed by atoms with Crippen molar-refractivity contribution in [3.63, 3.8) is 0 Å². The third-order valence-corrected chi connectivity index (χ3v) is 4.23. The summed E-state index contributed by atoms with van der Waals surface area (Å²) in [6.45, 7) is -0.131. The van der Waals surface area contributed by atoms with Gasteiger partial charge in [-0.3, -0.25) is 4.79 Å². The van der Waals surface area contributed by atoms with Crippen molar-refractivity contribution >= 4 is 35.0 Å². The molecule has 0 radical (unpaired) electrons. The molecule has 25 heavy (non-hydrogen) atoms. The molecule has 0 aliphatic heterocycles. The second-order valence-electron chi connectivity index (χ2n) is 4.90. The summed E-state index contributed by atoms with van der Waals surface area (Å²) in [6.07, 6.45) is 1.38. The number of nitrogens with one attached hydrogen (secondary N) is 1. The Balaban J connectivity index is 1.75. The zero-order chi connectivity index (χ0) is 17.6. The normalized spacial score (nSPS) is 11.7. The van der Waals surface area contributed by atoms with Crippen LogP contribution in [-0.4, -0.2) is 21.5 Å². The standard InChI is InChI=1S/C16H12ClN3O4S/c17-14-11(19-20-25-14)9-24-16(22)13(10-5-2-1-3-6-10)18-15(21)12-7-4-8-23-12/h1-8,13H,9H2,(H,18,21). The van der Waals surface area contributed by atoms with Crippen LogP contribution in [0.3, 0.4) is 0 Å². The number of carbonyl (C=O) groups excluding carboxylic acids is 2. The van der Waals surface area contributed by atoms with E-state index in [9.17, 15) is 9.59 Å². The summed E-state index contributed by atoms with van der Waals surface area (Å²) in [5, 5.41) is 6.38. The van der Waals surface area contributed by atoms with Gasteiger partial charge in [0.05, 0.1) is 6.26 Å². The third kappa shape index (κ3) is 4.23. The van der Waals surface area contributed by atoms with Crippen LogP contribution in [0.1, 0.15) is 27.9 Å². The number of aromatic nitrogens is 2. The topological polar surface area (TPSA) is 94.3 Å². The first-order valence-electron chi connectivity index (χ1n) is 7.18. The Labute approximate surface area is 151 Å². The number of hydrogen-bond acceptors (Lipinski definition) is 7. The molecule has 7 nitrogen and oxygen atoms in total. The Hall–Kier alpha value is -2.71. The largest absolute Gasteiger partial charge is 0.459 e. The van der Waals surface area contributed by atoms with E-state index in [1.807, 2.05) is 0 Å². The van der Waals surface area contributed by atoms with E-state index < -0.39 is 17.9 Å². The van der Waals surface area contributed by atoms with Crippen LogP contribution >= 0.6 is 23.1 Å². The molecule has 0 spiro atoms. The quantitative estimate of drug-likeness (QED) is 0.663. The lowest BCUT2D eigenvalue weighted by molar-refractivity contribution is -0.147. The zero-order valence-corrected chi connectivity index (χ0v) is 14.3. The van der Waals surface area contributed by atoms with Crippen molar-refractivity contribution in [1.82, 2.24) is 14.9 Å². The summed E-state index contributed by atoms with van der Waals surface area (Å²) in [5.41, 5.74) is 0.944. The lowest BCUT2D eigenvalue weighted by atomic mass is 10.1. The number of hydrogen-bond donors (Lipinski definition) is 1. The van der Waals surface area contributed by atoms with Gasteiger partial charge >= 0.3 is 5.97 Å². The fraction of sp³-hybridized carbons (Fsp3) is 0.125. The molecule has 0 saturated heterocycles. The van der Waals surface area contributed by atoms with E-state index >= 15 is 0 Å². The highest BCUT2D eigenvalue weighted by atomic mass is 35.5. The Morgan fingerprint density at radius 3 is 2.68 bits per heavy atom. The van der Waals surface area contributed by atoms with Gasteiger partial charge in [0, 0.05) is 11.5 Å². The molecule has 128 valence electrons. The number of ether oxygens (including phenoxy) is 1. The molecule has 0 bridgehead atoms. The number of amides is 1. The molecule has 1 N–H and O–H groups in total. The van der Waals surface area contributed by atoms with Gasteiger partial charge in [-0.25, -0.2) is 4.79 Å². The van der Waals surface area contributed by atoms with Gasteiger partial charge in [0.15, 0.2) is 11.8 Å². The molecule has 0 saturated carbocycles. The minimum atomic E-state index is -0.996. The van der Waals surface area contributed by atoms with Crippen molar-refractivity contribution < 1.29 is 18.7 Å². The Morgan fingerprint density at radius 1 is 1.24 bits per heavy atom. The number of furan rings is 1. The van der Waals surface area contributed by atoms with Crippen molar-refractivity contribution in [1.29, 1.82) is 0 Å². The zero-order valence-electron chi connectivity index (χ0n) is 12.7. The van der Waals surface area contributed by atoms with Gasteiger partial charge in [0.1, 0.15) is 16.6 Å². The highest BCUT2D eigenvalue weighted by Gasteiger charge is 2.26. The van der Waals surface area contributed by atoms with E-state index in [-0.39, 0.29) is 12.4 Å². The Morgan fingerprint density at radius 2 is 2.04 bits per heavy atom. The molecule has 3 rings (SSSR count). The van der Waals surface area contributed by atoms with Crippen LogP contribution in [0.15, 0.2) is 53.1 Å². The number of nitrogens with zero attached hydrogens (tertiary/aromatic N) is 2. The molecule has 1 amide bonds. The first-order chi connectivity index (χ1) is 12.1. The van der Waals surface area contributed by atoms with Crippen molar-refractivity contribution in [2.75, 3.05) is 0 Å². The summed E-state index contributed by atoms with van der Waals surface area (Å²) in [6, 6.07) is 10.8. The number of esters is 1.